The molecule has 1 saturated carbocycles. The van der Waals surface area contributed by atoms with Gasteiger partial charge < -0.3 is 14.6 Å². The van der Waals surface area contributed by atoms with E-state index in [0.29, 0.717) is 5.57 Å². The number of hydroxylamine groups is 2. The monoisotopic (exact) mass is 604 g/mol. The van der Waals surface area contributed by atoms with Crippen LogP contribution < -0.4 is 14.4 Å². The number of nitrogens with zero attached hydrogens (tertiary/aromatic N) is 2. The van der Waals surface area contributed by atoms with E-state index < -0.39 is 62.9 Å². The summed E-state index contributed by atoms with van der Waals surface area (Å²) in [7, 11) is 2.71. The molecular formula is C28H23Cl2FN2O8. The first kappa shape index (κ1) is 27.5. The Bertz CT molecular complexity index is 1560. The molecule has 2 aromatic rings. The first-order chi connectivity index (χ1) is 19.4. The SMILES string of the molecule is COc1cc(O)c([C@H]2C3=CC[C@@H]4C(=O)N(O)C(=O)[C@@H]4[C@@H]3C[C@@]3(Cl)C(=O)N(c4ccc(F)cc4)C(=O)[C@@]23Cl)c(OC)c1. The van der Waals surface area contributed by atoms with Crippen molar-refractivity contribution in [1.29, 1.82) is 0 Å². The van der Waals surface area contributed by atoms with Gasteiger partial charge in [-0.15, -0.1) is 23.2 Å². The molecule has 6 atom stereocenters. The number of aromatic hydroxyl groups is 1. The van der Waals surface area contributed by atoms with Gasteiger partial charge in [-0.3, -0.25) is 24.4 Å². The average Bonchev–Trinajstić information content (AvgIpc) is 3.26. The zero-order valence-electron chi connectivity index (χ0n) is 21.6. The molecule has 2 saturated heterocycles. The third kappa shape index (κ3) is 3.45. The number of hydrogen-bond acceptors (Lipinski definition) is 8. The van der Waals surface area contributed by atoms with Crippen molar-refractivity contribution in [3.8, 4) is 17.2 Å². The fraction of sp³-hybridized carbons (Fsp3) is 0.357. The molecule has 0 bridgehead atoms. The zero-order chi connectivity index (χ0) is 29.6. The molecule has 214 valence electrons. The highest BCUT2D eigenvalue weighted by Gasteiger charge is 2.77. The number of anilines is 1. The molecule has 2 aliphatic heterocycles. The van der Waals surface area contributed by atoms with Crippen LogP contribution in [-0.2, 0) is 19.2 Å². The molecule has 0 spiro atoms. The summed E-state index contributed by atoms with van der Waals surface area (Å²) in [4.78, 5) is 50.5. The van der Waals surface area contributed by atoms with Crippen molar-refractivity contribution in [2.45, 2.75) is 28.5 Å². The Kier molecular flexibility index (Phi) is 6.15. The number of methoxy groups -OCH3 is 2. The van der Waals surface area contributed by atoms with Gasteiger partial charge in [0.05, 0.1) is 31.7 Å². The number of rotatable bonds is 4. The van der Waals surface area contributed by atoms with Crippen molar-refractivity contribution >= 4 is 52.5 Å². The number of halogens is 3. The van der Waals surface area contributed by atoms with Gasteiger partial charge in [0.1, 0.15) is 23.1 Å². The maximum atomic E-state index is 14.3. The highest BCUT2D eigenvalue weighted by molar-refractivity contribution is 6.58. The van der Waals surface area contributed by atoms with Crippen LogP contribution in [0, 0.1) is 23.6 Å². The number of carbonyl (C=O) groups is 4. The van der Waals surface area contributed by atoms with Crippen molar-refractivity contribution in [2.24, 2.45) is 17.8 Å². The standard InChI is InChI=1S/C28H23Cl2FN2O8/c1-40-14-9-18(34)21(19(10-14)41-2)22-15-7-8-16-20(24(36)33(39)23(16)35)17(15)11-27(29)25(37)32(26(38)28(22,27)30)13-5-3-12(31)4-6-13/h3-7,9-10,16-17,20,22,34,39H,8,11H2,1-2H3/t16-,17+,20-,22+,27+,28-/m0/s1. The first-order valence-corrected chi connectivity index (χ1v) is 13.4. The lowest BCUT2D eigenvalue weighted by atomic mass is 9.56. The van der Waals surface area contributed by atoms with E-state index in [1.165, 1.54) is 38.5 Å². The number of fused-ring (bicyclic) bond motifs is 4. The van der Waals surface area contributed by atoms with Gasteiger partial charge in [0, 0.05) is 23.6 Å². The average molecular weight is 605 g/mol. The fourth-order valence-corrected chi connectivity index (χ4v) is 7.78. The Morgan fingerprint density at radius 3 is 2.29 bits per heavy atom. The second-order valence-corrected chi connectivity index (χ2v) is 11.7. The Morgan fingerprint density at radius 1 is 0.976 bits per heavy atom. The molecule has 0 radical (unpaired) electrons. The summed E-state index contributed by atoms with van der Waals surface area (Å²) in [5.41, 5.74) is 0.418. The van der Waals surface area contributed by atoms with Gasteiger partial charge in [-0.25, -0.2) is 9.29 Å². The molecule has 4 amide bonds. The molecule has 2 aromatic carbocycles. The number of benzene rings is 2. The lowest BCUT2D eigenvalue weighted by molar-refractivity contribution is -0.173. The normalized spacial score (nSPS) is 32.5. The first-order valence-electron chi connectivity index (χ1n) is 12.6. The van der Waals surface area contributed by atoms with Gasteiger partial charge in [-0.1, -0.05) is 11.6 Å². The van der Waals surface area contributed by atoms with Crippen LogP contribution in [0.4, 0.5) is 10.1 Å². The molecule has 3 fully saturated rings. The number of phenols is 1. The predicted molar refractivity (Wildman–Crippen MR) is 141 cm³/mol. The van der Waals surface area contributed by atoms with E-state index in [9.17, 15) is 33.9 Å². The van der Waals surface area contributed by atoms with E-state index in [2.05, 4.69) is 0 Å². The van der Waals surface area contributed by atoms with Crippen LogP contribution in [0.25, 0.3) is 0 Å². The molecule has 41 heavy (non-hydrogen) atoms. The Hall–Kier alpha value is -3.67. The van der Waals surface area contributed by atoms with Gasteiger partial charge in [0.25, 0.3) is 23.6 Å². The van der Waals surface area contributed by atoms with E-state index in [1.54, 1.807) is 6.08 Å². The van der Waals surface area contributed by atoms with Gasteiger partial charge >= 0.3 is 0 Å². The Balaban J connectivity index is 1.62. The van der Waals surface area contributed by atoms with Gasteiger partial charge in [-0.2, -0.15) is 5.06 Å². The maximum absolute atomic E-state index is 14.3. The summed E-state index contributed by atoms with van der Waals surface area (Å²) < 4.78 is 24.5. The van der Waals surface area contributed by atoms with Crippen LogP contribution in [0.3, 0.4) is 0 Å². The molecule has 4 aliphatic rings. The third-order valence-electron chi connectivity index (χ3n) is 8.71. The van der Waals surface area contributed by atoms with E-state index in [-0.39, 0.29) is 46.4 Å². The van der Waals surface area contributed by atoms with Crippen molar-refractivity contribution in [3.05, 3.63) is 59.4 Å². The molecule has 2 aliphatic carbocycles. The number of phenolic OH excluding ortho intramolecular Hbond substituents is 1. The molecular weight excluding hydrogens is 582 g/mol. The molecule has 2 N–H and O–H groups in total. The summed E-state index contributed by atoms with van der Waals surface area (Å²) in [6.45, 7) is 0. The Morgan fingerprint density at radius 2 is 1.66 bits per heavy atom. The van der Waals surface area contributed by atoms with Crippen molar-refractivity contribution in [3.63, 3.8) is 0 Å². The van der Waals surface area contributed by atoms with Gasteiger partial charge in [0.15, 0.2) is 9.75 Å². The van der Waals surface area contributed by atoms with Crippen LogP contribution in [-0.4, -0.2) is 63.0 Å². The number of amides is 4. The molecule has 10 nitrogen and oxygen atoms in total. The topological polar surface area (TPSA) is 134 Å². The summed E-state index contributed by atoms with van der Waals surface area (Å²) >= 11 is 14.5. The van der Waals surface area contributed by atoms with Crippen LogP contribution in [0.1, 0.15) is 24.3 Å². The molecule has 0 aromatic heterocycles. The van der Waals surface area contributed by atoms with Gasteiger partial charge in [0.2, 0.25) is 0 Å². The number of alkyl halides is 2. The summed E-state index contributed by atoms with van der Waals surface area (Å²) in [5, 5.41) is 21.5. The number of allylic oxidation sites excluding steroid dienone is 2. The minimum Gasteiger partial charge on any atom is -0.507 e. The largest absolute Gasteiger partial charge is 0.507 e. The summed E-state index contributed by atoms with van der Waals surface area (Å²) in [6, 6.07) is 7.34. The van der Waals surface area contributed by atoms with Crippen molar-refractivity contribution < 1.29 is 43.4 Å². The van der Waals surface area contributed by atoms with Gasteiger partial charge in [-0.05, 0) is 43.0 Å². The maximum Gasteiger partial charge on any atom is 0.258 e. The highest BCUT2D eigenvalue weighted by Crippen LogP contribution is 2.67. The number of hydrogen-bond donors (Lipinski definition) is 2. The van der Waals surface area contributed by atoms with E-state index in [1.807, 2.05) is 0 Å². The van der Waals surface area contributed by atoms with Crippen molar-refractivity contribution in [1.82, 2.24) is 5.06 Å². The zero-order valence-corrected chi connectivity index (χ0v) is 23.1. The molecule has 2 heterocycles. The fourth-order valence-electron chi connectivity index (χ4n) is 6.86. The number of ether oxygens (including phenoxy) is 2. The smallest absolute Gasteiger partial charge is 0.258 e. The van der Waals surface area contributed by atoms with Crippen molar-refractivity contribution in [2.75, 3.05) is 19.1 Å². The molecule has 13 heteroatoms. The number of imide groups is 2. The second kappa shape index (κ2) is 9.17. The van der Waals surface area contributed by atoms with Crippen LogP contribution in [0.2, 0.25) is 0 Å². The second-order valence-electron chi connectivity index (χ2n) is 10.5. The lowest BCUT2D eigenvalue weighted by Crippen LogP contribution is -2.60. The highest BCUT2D eigenvalue weighted by atomic mass is 35.5. The van der Waals surface area contributed by atoms with Crippen LogP contribution >= 0.6 is 23.2 Å². The summed E-state index contributed by atoms with van der Waals surface area (Å²) in [5.74, 6) is -8.46. The molecule has 6 rings (SSSR count). The van der Waals surface area contributed by atoms with E-state index in [4.69, 9.17) is 32.7 Å². The quantitative estimate of drug-likeness (QED) is 0.234. The van der Waals surface area contributed by atoms with Crippen LogP contribution in [0.5, 0.6) is 17.2 Å². The Labute approximate surface area is 242 Å². The minimum atomic E-state index is -2.26. The van der Waals surface area contributed by atoms with E-state index in [0.717, 1.165) is 17.0 Å². The lowest BCUT2D eigenvalue weighted by Gasteiger charge is -2.50. The number of carbonyl (C=O) groups excluding carboxylic acids is 4. The molecule has 0 unspecified atom stereocenters. The third-order valence-corrected chi connectivity index (χ3v) is 10.1. The minimum absolute atomic E-state index is 0.0162. The predicted octanol–water partition coefficient (Wildman–Crippen LogP) is 3.50. The van der Waals surface area contributed by atoms with Crippen LogP contribution in [0.15, 0.2) is 48.0 Å². The summed E-state index contributed by atoms with van der Waals surface area (Å²) in [6.07, 6.45) is 1.33. The van der Waals surface area contributed by atoms with E-state index >= 15 is 0 Å².